The van der Waals surface area contributed by atoms with Gasteiger partial charge in [0.15, 0.2) is 5.96 Å². The zero-order valence-electron chi connectivity index (χ0n) is 18.4. The number of ether oxygens (including phenoxy) is 2. The van der Waals surface area contributed by atoms with Crippen molar-refractivity contribution in [3.63, 3.8) is 0 Å². The maximum absolute atomic E-state index is 5.92. The van der Waals surface area contributed by atoms with E-state index in [0.717, 1.165) is 69.9 Å². The number of furan rings is 1. The van der Waals surface area contributed by atoms with Crippen LogP contribution in [0.15, 0.2) is 21.5 Å². The maximum atomic E-state index is 5.92. The molecule has 168 valence electrons. The standard InChI is InChI=1S/C21H38N4O3.HI/c1-5-22-21(23-9-13-26-12-8-17(2)3)24-16-19(20-7-6-18(4)28-20)25-10-14-27-15-11-25;/h6-7,17,19H,5,8-16H2,1-4H3,(H2,22,23,24);1H. The van der Waals surface area contributed by atoms with Crippen LogP contribution in [0.25, 0.3) is 0 Å². The summed E-state index contributed by atoms with van der Waals surface area (Å²) in [4.78, 5) is 7.21. The van der Waals surface area contributed by atoms with Crippen molar-refractivity contribution in [1.82, 2.24) is 15.5 Å². The fourth-order valence-electron chi connectivity index (χ4n) is 3.09. The van der Waals surface area contributed by atoms with Crippen molar-refractivity contribution in [3.8, 4) is 0 Å². The largest absolute Gasteiger partial charge is 0.465 e. The van der Waals surface area contributed by atoms with E-state index in [1.54, 1.807) is 0 Å². The number of hydrogen-bond acceptors (Lipinski definition) is 5. The van der Waals surface area contributed by atoms with Crippen LogP contribution in [-0.2, 0) is 9.47 Å². The zero-order chi connectivity index (χ0) is 20.2. The van der Waals surface area contributed by atoms with Crippen molar-refractivity contribution in [2.24, 2.45) is 10.9 Å². The molecule has 2 rings (SSSR count). The number of aliphatic imine (C=N–C) groups is 1. The third kappa shape index (κ3) is 10.1. The Morgan fingerprint density at radius 1 is 1.21 bits per heavy atom. The van der Waals surface area contributed by atoms with Crippen LogP contribution in [0.5, 0.6) is 0 Å². The van der Waals surface area contributed by atoms with Gasteiger partial charge in [-0.2, -0.15) is 0 Å². The van der Waals surface area contributed by atoms with E-state index < -0.39 is 0 Å². The lowest BCUT2D eigenvalue weighted by Gasteiger charge is -2.32. The van der Waals surface area contributed by atoms with E-state index in [9.17, 15) is 0 Å². The summed E-state index contributed by atoms with van der Waals surface area (Å²) >= 11 is 0. The molecule has 0 bridgehead atoms. The van der Waals surface area contributed by atoms with Crippen LogP contribution in [0, 0.1) is 12.8 Å². The molecule has 2 N–H and O–H groups in total. The van der Waals surface area contributed by atoms with Crippen LogP contribution < -0.4 is 10.6 Å². The molecule has 1 unspecified atom stereocenters. The fraction of sp³-hybridized carbons (Fsp3) is 0.762. The van der Waals surface area contributed by atoms with Gasteiger partial charge in [0.2, 0.25) is 0 Å². The first-order valence-electron chi connectivity index (χ1n) is 10.6. The average molecular weight is 522 g/mol. The van der Waals surface area contributed by atoms with Crippen molar-refractivity contribution in [2.45, 2.75) is 40.2 Å². The summed E-state index contributed by atoms with van der Waals surface area (Å²) in [5.74, 6) is 3.39. The van der Waals surface area contributed by atoms with Gasteiger partial charge in [0.05, 0.1) is 32.4 Å². The van der Waals surface area contributed by atoms with Gasteiger partial charge in [0.25, 0.3) is 0 Å². The molecule has 1 aliphatic heterocycles. The van der Waals surface area contributed by atoms with Gasteiger partial charge >= 0.3 is 0 Å². The first-order valence-corrected chi connectivity index (χ1v) is 10.6. The third-order valence-electron chi connectivity index (χ3n) is 4.72. The summed E-state index contributed by atoms with van der Waals surface area (Å²) in [6, 6.07) is 4.20. The average Bonchev–Trinajstić information content (AvgIpc) is 3.11. The molecular weight excluding hydrogens is 483 g/mol. The number of guanidine groups is 1. The van der Waals surface area contributed by atoms with Crippen molar-refractivity contribution in [1.29, 1.82) is 0 Å². The highest BCUT2D eigenvalue weighted by atomic mass is 127. The van der Waals surface area contributed by atoms with Crippen LogP contribution in [0.4, 0.5) is 0 Å². The quantitative estimate of drug-likeness (QED) is 0.201. The highest BCUT2D eigenvalue weighted by Crippen LogP contribution is 2.24. The molecule has 0 amide bonds. The second-order valence-electron chi connectivity index (χ2n) is 7.55. The predicted molar refractivity (Wildman–Crippen MR) is 128 cm³/mol. The van der Waals surface area contributed by atoms with Crippen molar-refractivity contribution >= 4 is 29.9 Å². The van der Waals surface area contributed by atoms with Crippen LogP contribution in [0.2, 0.25) is 0 Å². The SMILES string of the molecule is CCNC(=NCC(c1ccc(C)o1)N1CCOCC1)NCCOCCC(C)C.I. The lowest BCUT2D eigenvalue weighted by Crippen LogP contribution is -2.42. The zero-order valence-corrected chi connectivity index (χ0v) is 20.7. The lowest BCUT2D eigenvalue weighted by molar-refractivity contribution is 0.0135. The Hall–Kier alpha value is -0.840. The van der Waals surface area contributed by atoms with Gasteiger partial charge in [-0.3, -0.25) is 9.89 Å². The highest BCUT2D eigenvalue weighted by Gasteiger charge is 2.25. The van der Waals surface area contributed by atoms with E-state index >= 15 is 0 Å². The Morgan fingerprint density at radius 2 is 1.97 bits per heavy atom. The molecule has 0 spiro atoms. The van der Waals surface area contributed by atoms with Crippen LogP contribution in [-0.4, -0.2) is 70.0 Å². The van der Waals surface area contributed by atoms with Crippen LogP contribution in [0.1, 0.15) is 44.8 Å². The Labute approximate surface area is 193 Å². The number of nitrogens with one attached hydrogen (secondary N) is 2. The minimum Gasteiger partial charge on any atom is -0.465 e. The van der Waals surface area contributed by atoms with E-state index in [0.29, 0.717) is 19.1 Å². The molecule has 0 saturated carbocycles. The molecule has 1 aliphatic rings. The summed E-state index contributed by atoms with van der Waals surface area (Å²) in [6.45, 7) is 15.5. The molecule has 1 aromatic rings. The Morgan fingerprint density at radius 3 is 2.59 bits per heavy atom. The summed E-state index contributed by atoms with van der Waals surface area (Å²) in [6.07, 6.45) is 1.10. The van der Waals surface area contributed by atoms with E-state index in [2.05, 4.69) is 42.4 Å². The summed E-state index contributed by atoms with van der Waals surface area (Å²) in [5.41, 5.74) is 0. The van der Waals surface area contributed by atoms with Crippen molar-refractivity contribution in [3.05, 3.63) is 23.7 Å². The second-order valence-corrected chi connectivity index (χ2v) is 7.55. The van der Waals surface area contributed by atoms with Gasteiger partial charge in [0, 0.05) is 32.8 Å². The first kappa shape index (κ1) is 26.2. The molecule has 0 radical (unpaired) electrons. The van der Waals surface area contributed by atoms with E-state index in [4.69, 9.17) is 18.9 Å². The number of hydrogen-bond donors (Lipinski definition) is 2. The molecule has 2 heterocycles. The van der Waals surface area contributed by atoms with E-state index in [1.165, 1.54) is 0 Å². The van der Waals surface area contributed by atoms with Crippen LogP contribution in [0.3, 0.4) is 0 Å². The fourth-order valence-corrected chi connectivity index (χ4v) is 3.09. The van der Waals surface area contributed by atoms with E-state index in [1.807, 2.05) is 13.0 Å². The number of rotatable bonds is 11. The molecule has 1 aromatic heterocycles. The molecular formula is C21H39IN4O3. The smallest absolute Gasteiger partial charge is 0.191 e. The minimum atomic E-state index is 0. The molecule has 8 heteroatoms. The summed E-state index contributed by atoms with van der Waals surface area (Å²) < 4.78 is 17.1. The molecule has 1 fully saturated rings. The van der Waals surface area contributed by atoms with Gasteiger partial charge in [-0.05, 0) is 38.3 Å². The van der Waals surface area contributed by atoms with Crippen molar-refractivity contribution < 1.29 is 13.9 Å². The van der Waals surface area contributed by atoms with Gasteiger partial charge in [0.1, 0.15) is 11.5 Å². The number of morpholine rings is 1. The monoisotopic (exact) mass is 522 g/mol. The third-order valence-corrected chi connectivity index (χ3v) is 4.72. The normalized spacial score (nSPS) is 16.5. The number of halogens is 1. The van der Waals surface area contributed by atoms with Gasteiger partial charge in [-0.15, -0.1) is 24.0 Å². The molecule has 0 aliphatic carbocycles. The minimum absolute atomic E-state index is 0. The predicted octanol–water partition coefficient (Wildman–Crippen LogP) is 3.20. The summed E-state index contributed by atoms with van der Waals surface area (Å²) in [5, 5.41) is 6.68. The van der Waals surface area contributed by atoms with E-state index in [-0.39, 0.29) is 30.0 Å². The Bertz CT molecular complexity index is 574. The molecule has 29 heavy (non-hydrogen) atoms. The lowest BCUT2D eigenvalue weighted by atomic mass is 10.1. The molecule has 1 atom stereocenters. The Kier molecular flexibility index (Phi) is 13.6. The van der Waals surface area contributed by atoms with Gasteiger partial charge < -0.3 is 24.5 Å². The number of nitrogens with zero attached hydrogens (tertiary/aromatic N) is 2. The Balaban J connectivity index is 0.00000420. The van der Waals surface area contributed by atoms with Gasteiger partial charge in [-0.1, -0.05) is 13.8 Å². The topological polar surface area (TPSA) is 71.3 Å². The highest BCUT2D eigenvalue weighted by molar-refractivity contribution is 14.0. The first-order chi connectivity index (χ1) is 13.6. The van der Waals surface area contributed by atoms with Crippen molar-refractivity contribution in [2.75, 3.05) is 59.2 Å². The summed E-state index contributed by atoms with van der Waals surface area (Å²) in [7, 11) is 0. The van der Waals surface area contributed by atoms with Gasteiger partial charge in [-0.25, -0.2) is 0 Å². The molecule has 1 saturated heterocycles. The molecule has 0 aromatic carbocycles. The number of aryl methyl sites for hydroxylation is 1. The second kappa shape index (κ2) is 15.0. The van der Waals surface area contributed by atoms with Crippen LogP contribution >= 0.6 is 24.0 Å². The maximum Gasteiger partial charge on any atom is 0.191 e. The molecule has 7 nitrogen and oxygen atoms in total.